The highest BCUT2D eigenvalue weighted by atomic mass is 16.7. The smallest absolute Gasteiger partial charge is 0.184 e. The minimum Gasteiger partial charge on any atom is -0.374 e. The molecule has 0 aliphatic carbocycles. The molecule has 4 aromatic carbocycles. The van der Waals surface area contributed by atoms with Crippen LogP contribution >= 0.6 is 0 Å². The summed E-state index contributed by atoms with van der Waals surface area (Å²) in [5, 5.41) is 11.2. The molecule has 1 saturated heterocycles. The maximum Gasteiger partial charge on any atom is 0.184 e. The Hall–Kier alpha value is -3.36. The quantitative estimate of drug-likeness (QED) is 0.236. The van der Waals surface area contributed by atoms with Crippen molar-refractivity contribution in [3.05, 3.63) is 144 Å². The van der Waals surface area contributed by atoms with Crippen LogP contribution in [0.1, 0.15) is 22.3 Å². The predicted octanol–water partition coefficient (Wildman–Crippen LogP) is 5.68. The van der Waals surface area contributed by atoms with Crippen LogP contribution in [0.15, 0.2) is 121 Å². The minimum atomic E-state index is -1.22. The monoisotopic (exact) mass is 540 g/mol. The first-order valence-electron chi connectivity index (χ1n) is 13.7. The lowest BCUT2D eigenvalue weighted by atomic mass is 9.98. The van der Waals surface area contributed by atoms with Gasteiger partial charge in [-0.25, -0.2) is 0 Å². The molecule has 0 bridgehead atoms. The molecule has 1 fully saturated rings. The Labute approximate surface area is 236 Å². The first kappa shape index (κ1) is 28.2. The van der Waals surface area contributed by atoms with Crippen LogP contribution in [-0.4, -0.2) is 42.4 Å². The van der Waals surface area contributed by atoms with Crippen molar-refractivity contribution >= 4 is 0 Å². The van der Waals surface area contributed by atoms with Gasteiger partial charge in [-0.2, -0.15) is 0 Å². The molecular formula is C34H36O6. The van der Waals surface area contributed by atoms with Crippen LogP contribution in [0.2, 0.25) is 0 Å². The van der Waals surface area contributed by atoms with Crippen molar-refractivity contribution in [2.24, 2.45) is 0 Å². The Morgan fingerprint density at radius 1 is 0.475 bits per heavy atom. The fourth-order valence-corrected chi connectivity index (χ4v) is 4.77. The minimum absolute atomic E-state index is 0.224. The number of rotatable bonds is 13. The van der Waals surface area contributed by atoms with E-state index in [9.17, 15) is 5.11 Å². The second-order valence-electron chi connectivity index (χ2n) is 9.85. The van der Waals surface area contributed by atoms with Crippen LogP contribution < -0.4 is 0 Å². The van der Waals surface area contributed by atoms with E-state index in [2.05, 4.69) is 0 Å². The molecule has 0 radical (unpaired) electrons. The molecule has 1 heterocycles. The summed E-state index contributed by atoms with van der Waals surface area (Å²) in [7, 11) is 0. The highest BCUT2D eigenvalue weighted by Gasteiger charge is 2.48. The average Bonchev–Trinajstić information content (AvgIpc) is 3.01. The van der Waals surface area contributed by atoms with Crippen molar-refractivity contribution in [2.75, 3.05) is 6.61 Å². The summed E-state index contributed by atoms with van der Waals surface area (Å²) in [6.07, 6.45) is -3.72. The topological polar surface area (TPSA) is 66.4 Å². The molecule has 0 unspecified atom stereocenters. The van der Waals surface area contributed by atoms with Gasteiger partial charge < -0.3 is 28.8 Å². The number of aliphatic hydroxyl groups excluding tert-OH is 1. The van der Waals surface area contributed by atoms with Gasteiger partial charge in [0, 0.05) is 0 Å². The maximum absolute atomic E-state index is 11.2. The van der Waals surface area contributed by atoms with Gasteiger partial charge in [-0.05, 0) is 22.3 Å². The van der Waals surface area contributed by atoms with Crippen LogP contribution in [-0.2, 0) is 50.1 Å². The van der Waals surface area contributed by atoms with E-state index in [1.54, 1.807) is 0 Å². The van der Waals surface area contributed by atoms with E-state index in [0.717, 1.165) is 22.3 Å². The van der Waals surface area contributed by atoms with Gasteiger partial charge >= 0.3 is 0 Å². The number of ether oxygens (including phenoxy) is 5. The van der Waals surface area contributed by atoms with Gasteiger partial charge in [-0.15, -0.1) is 0 Å². The van der Waals surface area contributed by atoms with Gasteiger partial charge in [0.25, 0.3) is 0 Å². The van der Waals surface area contributed by atoms with Crippen LogP contribution in [0.3, 0.4) is 0 Å². The molecule has 0 spiro atoms. The average molecular weight is 541 g/mol. The van der Waals surface area contributed by atoms with Crippen molar-refractivity contribution in [2.45, 2.75) is 57.1 Å². The van der Waals surface area contributed by atoms with Gasteiger partial charge in [0.1, 0.15) is 24.4 Å². The van der Waals surface area contributed by atoms with Crippen molar-refractivity contribution in [3.8, 4) is 0 Å². The van der Waals surface area contributed by atoms with E-state index in [1.165, 1.54) is 0 Å². The summed E-state index contributed by atoms with van der Waals surface area (Å²) >= 11 is 0. The maximum atomic E-state index is 11.2. The lowest BCUT2D eigenvalue weighted by Gasteiger charge is -2.44. The lowest BCUT2D eigenvalue weighted by molar-refractivity contribution is -0.317. The second kappa shape index (κ2) is 14.9. The van der Waals surface area contributed by atoms with Crippen LogP contribution in [0.4, 0.5) is 0 Å². The van der Waals surface area contributed by atoms with Gasteiger partial charge in [-0.1, -0.05) is 121 Å². The molecule has 5 rings (SSSR count). The Morgan fingerprint density at radius 2 is 0.850 bits per heavy atom. The van der Waals surface area contributed by atoms with Crippen LogP contribution in [0, 0.1) is 0 Å². The fourth-order valence-electron chi connectivity index (χ4n) is 4.77. The summed E-state index contributed by atoms with van der Waals surface area (Å²) in [6.45, 7) is 1.65. The first-order chi connectivity index (χ1) is 19.8. The van der Waals surface area contributed by atoms with E-state index in [0.29, 0.717) is 26.4 Å². The molecule has 0 saturated carbocycles. The molecule has 0 aromatic heterocycles. The van der Waals surface area contributed by atoms with E-state index >= 15 is 0 Å². The first-order valence-corrected chi connectivity index (χ1v) is 13.7. The summed E-state index contributed by atoms with van der Waals surface area (Å²) in [4.78, 5) is 0. The molecule has 1 aliphatic heterocycles. The number of hydrogen-bond donors (Lipinski definition) is 1. The van der Waals surface area contributed by atoms with Crippen LogP contribution in [0.25, 0.3) is 0 Å². The zero-order valence-electron chi connectivity index (χ0n) is 22.5. The van der Waals surface area contributed by atoms with Crippen molar-refractivity contribution in [1.29, 1.82) is 0 Å². The molecule has 0 amide bonds. The Kier molecular flexibility index (Phi) is 10.5. The Bertz CT molecular complexity index is 1240. The van der Waals surface area contributed by atoms with Gasteiger partial charge in [0.05, 0.1) is 33.0 Å². The molecule has 6 nitrogen and oxygen atoms in total. The lowest BCUT2D eigenvalue weighted by Crippen LogP contribution is -2.61. The molecule has 1 N–H and O–H groups in total. The third-order valence-electron chi connectivity index (χ3n) is 6.86. The number of hydrogen-bond acceptors (Lipinski definition) is 6. The molecule has 208 valence electrons. The Morgan fingerprint density at radius 3 is 1.30 bits per heavy atom. The largest absolute Gasteiger partial charge is 0.374 e. The SMILES string of the molecule is O[C@H]1O[C@@H](COCc2ccccc2)[C@H](OCc2ccccc2)[C@@H](OCc2ccccc2)[C@@H]1OCc1ccccc1. The Balaban J connectivity index is 1.36. The second-order valence-corrected chi connectivity index (χ2v) is 9.85. The van der Waals surface area contributed by atoms with Gasteiger partial charge in [-0.3, -0.25) is 0 Å². The summed E-state index contributed by atoms with van der Waals surface area (Å²) in [6, 6.07) is 39.7. The van der Waals surface area contributed by atoms with Crippen molar-refractivity contribution in [1.82, 2.24) is 0 Å². The molecule has 4 aromatic rings. The standard InChI is InChI=1S/C34H36O6/c35-34-33(39-24-29-19-11-4-12-20-29)32(38-23-28-17-9-3-10-18-28)31(37-22-27-15-7-2-8-16-27)30(40-34)25-36-21-26-13-5-1-6-14-26/h1-20,30-35H,21-25H2/t30-,31-,32+,33-,34-/m0/s1. The summed E-state index contributed by atoms with van der Waals surface area (Å²) in [5.41, 5.74) is 4.10. The van der Waals surface area contributed by atoms with Gasteiger partial charge in [0.15, 0.2) is 6.29 Å². The van der Waals surface area contributed by atoms with Gasteiger partial charge in [0.2, 0.25) is 0 Å². The fraction of sp³-hybridized carbons (Fsp3) is 0.294. The third kappa shape index (κ3) is 8.08. The normalized spacial score (nSPS) is 22.7. The zero-order chi connectivity index (χ0) is 27.4. The van der Waals surface area contributed by atoms with E-state index in [-0.39, 0.29) is 6.61 Å². The molecule has 40 heavy (non-hydrogen) atoms. The summed E-state index contributed by atoms with van der Waals surface area (Å²) < 4.78 is 31.4. The zero-order valence-corrected chi connectivity index (χ0v) is 22.5. The molecule has 5 atom stereocenters. The number of benzene rings is 4. The molecule has 6 heteroatoms. The van der Waals surface area contributed by atoms with Crippen LogP contribution in [0.5, 0.6) is 0 Å². The van der Waals surface area contributed by atoms with E-state index < -0.39 is 30.7 Å². The van der Waals surface area contributed by atoms with E-state index in [4.69, 9.17) is 23.7 Å². The predicted molar refractivity (Wildman–Crippen MR) is 152 cm³/mol. The molecule has 1 aliphatic rings. The van der Waals surface area contributed by atoms with Crippen molar-refractivity contribution in [3.63, 3.8) is 0 Å². The molecular weight excluding hydrogens is 504 g/mol. The van der Waals surface area contributed by atoms with E-state index in [1.807, 2.05) is 121 Å². The third-order valence-corrected chi connectivity index (χ3v) is 6.86. The highest BCUT2D eigenvalue weighted by molar-refractivity contribution is 5.16. The number of aliphatic hydroxyl groups is 1. The summed E-state index contributed by atoms with van der Waals surface area (Å²) in [5.74, 6) is 0. The van der Waals surface area contributed by atoms with Crippen molar-refractivity contribution < 1.29 is 28.8 Å². The highest BCUT2D eigenvalue weighted by Crippen LogP contribution is 2.30.